The number of hydrogen-bond acceptors (Lipinski definition) is 5. The van der Waals surface area contributed by atoms with Crippen molar-refractivity contribution in [1.82, 2.24) is 10.4 Å². The normalized spacial score (nSPS) is 15.7. The van der Waals surface area contributed by atoms with E-state index in [0.29, 0.717) is 11.3 Å². The van der Waals surface area contributed by atoms with Crippen molar-refractivity contribution >= 4 is 29.4 Å². The van der Waals surface area contributed by atoms with Crippen molar-refractivity contribution in [3.8, 4) is 0 Å². The Morgan fingerprint density at radius 3 is 2.38 bits per heavy atom. The maximum atomic E-state index is 12.5. The van der Waals surface area contributed by atoms with Gasteiger partial charge in [-0.05, 0) is 54.2 Å². The monoisotopic (exact) mass is 465 g/mol. The summed E-state index contributed by atoms with van der Waals surface area (Å²) >= 11 is 0. The van der Waals surface area contributed by atoms with Crippen LogP contribution in [0.25, 0.3) is 0 Å². The van der Waals surface area contributed by atoms with E-state index in [2.05, 4.69) is 31.5 Å². The summed E-state index contributed by atoms with van der Waals surface area (Å²) in [7, 11) is 0. The summed E-state index contributed by atoms with van der Waals surface area (Å²) in [6, 6.07) is 12.8. The molecule has 180 valence electrons. The van der Waals surface area contributed by atoms with Gasteiger partial charge in [-0.15, -0.1) is 0 Å². The minimum Gasteiger partial charge on any atom is -0.455 e. The van der Waals surface area contributed by atoms with Gasteiger partial charge in [-0.25, -0.2) is 0 Å². The standard InChI is InChI=1S/C26H31N3O5/c1-16-6-7-17(2)21(12-16)27-22(30)15-34-25(33)19-13-23(31)29(14-19)28-24(32)18-8-10-20(11-9-18)26(3,4)5/h6-12,19H,13-15H2,1-5H3,(H,27,30)(H,28,32)/t19-/m0/s1. The molecule has 2 N–H and O–H groups in total. The average molecular weight is 466 g/mol. The number of carbonyl (C=O) groups excluding carboxylic acids is 4. The lowest BCUT2D eigenvalue weighted by atomic mass is 9.87. The molecule has 0 aromatic heterocycles. The molecule has 2 aromatic carbocycles. The van der Waals surface area contributed by atoms with Crippen LogP contribution in [0.15, 0.2) is 42.5 Å². The Labute approximate surface area is 199 Å². The lowest BCUT2D eigenvalue weighted by Crippen LogP contribution is -2.43. The molecule has 0 unspecified atom stereocenters. The molecule has 0 radical (unpaired) electrons. The van der Waals surface area contributed by atoms with E-state index >= 15 is 0 Å². The molecular formula is C26H31N3O5. The summed E-state index contributed by atoms with van der Waals surface area (Å²) in [4.78, 5) is 49.5. The van der Waals surface area contributed by atoms with Crippen molar-refractivity contribution < 1.29 is 23.9 Å². The quantitative estimate of drug-likeness (QED) is 0.637. The zero-order valence-corrected chi connectivity index (χ0v) is 20.2. The molecule has 2 aromatic rings. The third-order valence-electron chi connectivity index (χ3n) is 5.72. The van der Waals surface area contributed by atoms with Crippen molar-refractivity contribution in [2.24, 2.45) is 5.92 Å². The lowest BCUT2D eigenvalue weighted by Gasteiger charge is -2.20. The largest absolute Gasteiger partial charge is 0.455 e. The number of benzene rings is 2. The summed E-state index contributed by atoms with van der Waals surface area (Å²) in [5.74, 6) is -2.70. The summed E-state index contributed by atoms with van der Waals surface area (Å²) in [6.45, 7) is 9.56. The molecule has 3 amide bonds. The van der Waals surface area contributed by atoms with E-state index in [-0.39, 0.29) is 24.3 Å². The van der Waals surface area contributed by atoms with Gasteiger partial charge in [0.15, 0.2) is 6.61 Å². The second kappa shape index (κ2) is 10.1. The highest BCUT2D eigenvalue weighted by atomic mass is 16.5. The van der Waals surface area contributed by atoms with Crippen LogP contribution in [0, 0.1) is 19.8 Å². The van der Waals surface area contributed by atoms with Crippen molar-refractivity contribution in [3.63, 3.8) is 0 Å². The number of aryl methyl sites for hydroxylation is 2. The zero-order valence-electron chi connectivity index (χ0n) is 20.2. The van der Waals surface area contributed by atoms with Gasteiger partial charge in [0.05, 0.1) is 12.5 Å². The van der Waals surface area contributed by atoms with E-state index in [9.17, 15) is 19.2 Å². The van der Waals surface area contributed by atoms with Crippen LogP contribution in [0.2, 0.25) is 0 Å². The Hall–Kier alpha value is -3.68. The van der Waals surface area contributed by atoms with E-state index < -0.39 is 30.3 Å². The van der Waals surface area contributed by atoms with Gasteiger partial charge in [0, 0.05) is 17.7 Å². The minimum absolute atomic E-state index is 0.0118. The van der Waals surface area contributed by atoms with Crippen molar-refractivity contribution in [2.45, 2.75) is 46.5 Å². The van der Waals surface area contributed by atoms with Crippen LogP contribution < -0.4 is 10.7 Å². The van der Waals surface area contributed by atoms with Gasteiger partial charge < -0.3 is 10.1 Å². The predicted molar refractivity (Wildman–Crippen MR) is 128 cm³/mol. The Balaban J connectivity index is 1.50. The van der Waals surface area contributed by atoms with Gasteiger partial charge in [-0.3, -0.25) is 29.6 Å². The summed E-state index contributed by atoms with van der Waals surface area (Å²) < 4.78 is 5.12. The van der Waals surface area contributed by atoms with E-state index in [0.717, 1.165) is 21.7 Å². The molecule has 34 heavy (non-hydrogen) atoms. The molecule has 0 saturated carbocycles. The number of ether oxygens (including phenoxy) is 1. The molecule has 1 saturated heterocycles. The third-order valence-corrected chi connectivity index (χ3v) is 5.72. The molecule has 8 nitrogen and oxygen atoms in total. The van der Waals surface area contributed by atoms with Crippen molar-refractivity contribution in [1.29, 1.82) is 0 Å². The van der Waals surface area contributed by atoms with Crippen LogP contribution in [0.1, 0.15) is 54.2 Å². The first kappa shape index (κ1) is 25.0. The Bertz CT molecular complexity index is 1100. The number of carbonyl (C=O) groups is 4. The predicted octanol–water partition coefficient (Wildman–Crippen LogP) is 3.28. The molecule has 1 aliphatic heterocycles. The number of hydrogen-bond donors (Lipinski definition) is 2. The number of nitrogens with zero attached hydrogens (tertiary/aromatic N) is 1. The number of esters is 1. The summed E-state index contributed by atoms with van der Waals surface area (Å²) in [6.07, 6.45) is -0.0965. The van der Waals surface area contributed by atoms with Crippen molar-refractivity contribution in [3.05, 3.63) is 64.7 Å². The zero-order chi connectivity index (χ0) is 25.0. The SMILES string of the molecule is Cc1ccc(C)c(NC(=O)COC(=O)[C@H]2CC(=O)N(NC(=O)c3ccc(C(C)(C)C)cc3)C2)c1. The van der Waals surface area contributed by atoms with E-state index in [1.54, 1.807) is 12.1 Å². The first-order valence-corrected chi connectivity index (χ1v) is 11.2. The molecule has 1 atom stereocenters. The molecule has 0 aliphatic carbocycles. The highest BCUT2D eigenvalue weighted by molar-refractivity contribution is 5.97. The minimum atomic E-state index is -0.760. The molecule has 0 spiro atoms. The fraction of sp³-hybridized carbons (Fsp3) is 0.385. The van der Waals surface area contributed by atoms with Crippen LogP contribution in [-0.4, -0.2) is 41.9 Å². The molecule has 8 heteroatoms. The highest BCUT2D eigenvalue weighted by Crippen LogP contribution is 2.23. The Kier molecular flexibility index (Phi) is 7.39. The lowest BCUT2D eigenvalue weighted by molar-refractivity contribution is -0.151. The smallest absolute Gasteiger partial charge is 0.311 e. The van der Waals surface area contributed by atoms with Crippen LogP contribution in [-0.2, 0) is 24.5 Å². The van der Waals surface area contributed by atoms with Gasteiger partial charge >= 0.3 is 5.97 Å². The van der Waals surface area contributed by atoms with Crippen LogP contribution in [0.5, 0.6) is 0 Å². The van der Waals surface area contributed by atoms with Gasteiger partial charge in [-0.1, -0.05) is 45.0 Å². The number of rotatable bonds is 6. The van der Waals surface area contributed by atoms with Gasteiger partial charge in [-0.2, -0.15) is 0 Å². The number of amides is 3. The van der Waals surface area contributed by atoms with Crippen LogP contribution >= 0.6 is 0 Å². The second-order valence-electron chi connectivity index (χ2n) is 9.65. The second-order valence-corrected chi connectivity index (χ2v) is 9.65. The number of hydrazine groups is 1. The van der Waals surface area contributed by atoms with E-state index in [1.165, 1.54) is 0 Å². The molecule has 1 heterocycles. The van der Waals surface area contributed by atoms with Gasteiger partial charge in [0.25, 0.3) is 11.8 Å². The van der Waals surface area contributed by atoms with Crippen LogP contribution in [0.3, 0.4) is 0 Å². The molecular weight excluding hydrogens is 434 g/mol. The third kappa shape index (κ3) is 6.21. The summed E-state index contributed by atoms with van der Waals surface area (Å²) in [5.41, 5.74) is 6.56. The number of anilines is 1. The Morgan fingerprint density at radius 1 is 1.06 bits per heavy atom. The molecule has 3 rings (SSSR count). The maximum Gasteiger partial charge on any atom is 0.311 e. The van der Waals surface area contributed by atoms with Crippen LogP contribution in [0.4, 0.5) is 5.69 Å². The number of nitrogens with one attached hydrogen (secondary N) is 2. The van der Waals surface area contributed by atoms with Crippen molar-refractivity contribution in [2.75, 3.05) is 18.5 Å². The Morgan fingerprint density at radius 2 is 1.74 bits per heavy atom. The molecule has 1 fully saturated rings. The maximum absolute atomic E-state index is 12.5. The average Bonchev–Trinajstić information content (AvgIpc) is 3.14. The fourth-order valence-corrected chi connectivity index (χ4v) is 3.59. The van der Waals surface area contributed by atoms with E-state index in [1.807, 2.05) is 44.2 Å². The first-order valence-electron chi connectivity index (χ1n) is 11.2. The van der Waals surface area contributed by atoms with Gasteiger partial charge in [0.2, 0.25) is 5.91 Å². The van der Waals surface area contributed by atoms with E-state index in [4.69, 9.17) is 4.74 Å². The van der Waals surface area contributed by atoms with Gasteiger partial charge in [0.1, 0.15) is 0 Å². The molecule has 0 bridgehead atoms. The molecule has 1 aliphatic rings. The first-order chi connectivity index (χ1) is 15.9. The fourth-order valence-electron chi connectivity index (χ4n) is 3.59. The highest BCUT2D eigenvalue weighted by Gasteiger charge is 2.36. The summed E-state index contributed by atoms with van der Waals surface area (Å²) in [5, 5.41) is 3.85. The topological polar surface area (TPSA) is 105 Å².